The van der Waals surface area contributed by atoms with Gasteiger partial charge in [-0.25, -0.2) is 0 Å². The second-order valence-electron chi connectivity index (χ2n) is 6.16. The molecule has 0 aromatic heterocycles. The highest BCUT2D eigenvalue weighted by atomic mass is 28.3. The zero-order chi connectivity index (χ0) is 13.0. The van der Waals surface area contributed by atoms with Gasteiger partial charge in [-0.2, -0.15) is 0 Å². The molecular formula is C12H18O4Si. The molecule has 2 rings (SSSR count). The summed E-state index contributed by atoms with van der Waals surface area (Å²) in [6, 6.07) is 0. The van der Waals surface area contributed by atoms with E-state index in [1.807, 2.05) is 12.2 Å². The zero-order valence-corrected chi connectivity index (χ0v) is 11.3. The Morgan fingerprint density at radius 2 is 1.29 bits per heavy atom. The van der Waals surface area contributed by atoms with Crippen LogP contribution in [0, 0.1) is 23.7 Å². The van der Waals surface area contributed by atoms with Gasteiger partial charge in [-0.15, -0.1) is 0 Å². The lowest BCUT2D eigenvalue weighted by molar-refractivity contribution is -0.154. The topological polar surface area (TPSA) is 74.6 Å². The SMILES string of the molecule is C[Si](C)(C)C1[C@H]2C=C[C@@H]1[C@H](C(=O)O)[C@@H]2C(=O)O. The third kappa shape index (κ3) is 1.73. The minimum atomic E-state index is -1.55. The van der Waals surface area contributed by atoms with Crippen LogP contribution in [0.1, 0.15) is 0 Å². The number of carbonyl (C=O) groups is 2. The van der Waals surface area contributed by atoms with Crippen LogP contribution in [0.5, 0.6) is 0 Å². The first-order valence-corrected chi connectivity index (χ1v) is 9.47. The highest BCUT2D eigenvalue weighted by molar-refractivity contribution is 6.77. The van der Waals surface area contributed by atoms with Gasteiger partial charge in [0.05, 0.1) is 11.8 Å². The molecule has 0 aromatic carbocycles. The van der Waals surface area contributed by atoms with Crippen LogP contribution in [0.4, 0.5) is 0 Å². The molecule has 1 fully saturated rings. The van der Waals surface area contributed by atoms with Gasteiger partial charge in [0.25, 0.3) is 0 Å². The van der Waals surface area contributed by atoms with E-state index in [0.717, 1.165) is 0 Å². The number of allylic oxidation sites excluding steroid dienone is 2. The van der Waals surface area contributed by atoms with E-state index >= 15 is 0 Å². The molecule has 1 saturated carbocycles. The van der Waals surface area contributed by atoms with Gasteiger partial charge in [0, 0.05) is 8.07 Å². The maximum Gasteiger partial charge on any atom is 0.307 e. The molecule has 2 aliphatic carbocycles. The molecule has 2 N–H and O–H groups in total. The maximum absolute atomic E-state index is 11.3. The third-order valence-corrected chi connectivity index (χ3v) is 6.94. The number of aliphatic carboxylic acids is 2. The lowest BCUT2D eigenvalue weighted by atomic mass is 9.83. The second-order valence-corrected chi connectivity index (χ2v) is 11.6. The molecule has 94 valence electrons. The van der Waals surface area contributed by atoms with Crippen LogP contribution in [0.2, 0.25) is 25.2 Å². The van der Waals surface area contributed by atoms with Crippen molar-refractivity contribution in [3.8, 4) is 0 Å². The van der Waals surface area contributed by atoms with E-state index in [4.69, 9.17) is 0 Å². The summed E-state index contributed by atoms with van der Waals surface area (Å²) in [4.78, 5) is 22.6. The van der Waals surface area contributed by atoms with Crippen molar-refractivity contribution in [3.05, 3.63) is 12.2 Å². The van der Waals surface area contributed by atoms with E-state index in [1.165, 1.54) is 0 Å². The zero-order valence-electron chi connectivity index (χ0n) is 10.3. The molecule has 0 aromatic rings. The number of carboxylic acids is 2. The fourth-order valence-corrected chi connectivity index (χ4v) is 6.66. The number of rotatable bonds is 3. The van der Waals surface area contributed by atoms with Gasteiger partial charge < -0.3 is 10.2 Å². The van der Waals surface area contributed by atoms with Gasteiger partial charge in [0.15, 0.2) is 0 Å². The van der Waals surface area contributed by atoms with Crippen LogP contribution in [-0.2, 0) is 9.59 Å². The van der Waals surface area contributed by atoms with Gasteiger partial charge in [-0.05, 0) is 17.4 Å². The van der Waals surface area contributed by atoms with Crippen molar-refractivity contribution in [3.63, 3.8) is 0 Å². The minimum Gasteiger partial charge on any atom is -0.481 e. The number of hydrogen-bond acceptors (Lipinski definition) is 2. The summed E-state index contributed by atoms with van der Waals surface area (Å²) < 4.78 is 0. The number of fused-ring (bicyclic) bond motifs is 2. The van der Waals surface area contributed by atoms with E-state index in [2.05, 4.69) is 19.6 Å². The van der Waals surface area contributed by atoms with Crippen LogP contribution in [0.15, 0.2) is 12.2 Å². The summed E-state index contributed by atoms with van der Waals surface area (Å²) in [6.45, 7) is 6.56. The molecule has 0 heterocycles. The first-order valence-electron chi connectivity index (χ1n) is 5.89. The van der Waals surface area contributed by atoms with Crippen molar-refractivity contribution in [1.82, 2.24) is 0 Å². The summed E-state index contributed by atoms with van der Waals surface area (Å²) >= 11 is 0. The summed E-state index contributed by atoms with van der Waals surface area (Å²) in [5, 5.41) is 18.5. The molecule has 1 unspecified atom stereocenters. The van der Waals surface area contributed by atoms with Crippen molar-refractivity contribution in [2.45, 2.75) is 25.2 Å². The van der Waals surface area contributed by atoms with Crippen LogP contribution in [-0.4, -0.2) is 30.2 Å². The average molecular weight is 254 g/mol. The van der Waals surface area contributed by atoms with Crippen LogP contribution in [0.25, 0.3) is 0 Å². The summed E-state index contributed by atoms with van der Waals surface area (Å²) in [7, 11) is -1.55. The van der Waals surface area contributed by atoms with Crippen molar-refractivity contribution in [2.24, 2.45) is 23.7 Å². The second kappa shape index (κ2) is 3.70. The fourth-order valence-electron chi connectivity index (χ4n) is 3.71. The molecule has 0 spiro atoms. The predicted molar refractivity (Wildman–Crippen MR) is 65.5 cm³/mol. The first-order chi connectivity index (χ1) is 7.75. The molecular weight excluding hydrogens is 236 g/mol. The van der Waals surface area contributed by atoms with E-state index in [0.29, 0.717) is 0 Å². The Labute approximate surface area is 101 Å². The molecule has 0 aliphatic heterocycles. The standard InChI is InChI=1S/C12H18O4Si/c1-17(2,3)10-6-4-5-7(10)9(12(15)16)8(6)11(13)14/h4-10H,1-3H3,(H,13,14)(H,15,16)/t6-,7+,8+,9-,10?. The molecule has 17 heavy (non-hydrogen) atoms. The molecule has 4 nitrogen and oxygen atoms in total. The minimum absolute atomic E-state index is 0.0785. The summed E-state index contributed by atoms with van der Waals surface area (Å²) in [5.41, 5.74) is 0.254. The highest BCUT2D eigenvalue weighted by Crippen LogP contribution is 2.59. The Hall–Kier alpha value is -1.10. The smallest absolute Gasteiger partial charge is 0.307 e. The largest absolute Gasteiger partial charge is 0.481 e. The van der Waals surface area contributed by atoms with Crippen LogP contribution >= 0.6 is 0 Å². The quantitative estimate of drug-likeness (QED) is 0.596. The van der Waals surface area contributed by atoms with E-state index in [-0.39, 0.29) is 17.4 Å². The molecule has 0 saturated heterocycles. The Kier molecular flexibility index (Phi) is 2.69. The van der Waals surface area contributed by atoms with Crippen molar-refractivity contribution >= 4 is 20.0 Å². The van der Waals surface area contributed by atoms with Gasteiger partial charge in [0.1, 0.15) is 0 Å². The van der Waals surface area contributed by atoms with Gasteiger partial charge in [0.2, 0.25) is 0 Å². The van der Waals surface area contributed by atoms with Gasteiger partial charge in [-0.3, -0.25) is 9.59 Å². The first kappa shape index (κ1) is 12.4. The Morgan fingerprint density at radius 3 is 1.53 bits per heavy atom. The van der Waals surface area contributed by atoms with Crippen LogP contribution in [0.3, 0.4) is 0 Å². The Balaban J connectivity index is 2.41. The van der Waals surface area contributed by atoms with Crippen LogP contribution < -0.4 is 0 Å². The van der Waals surface area contributed by atoms with E-state index in [1.54, 1.807) is 0 Å². The number of hydrogen-bond donors (Lipinski definition) is 2. The van der Waals surface area contributed by atoms with E-state index < -0.39 is 31.8 Å². The molecule has 0 amide bonds. The molecule has 2 aliphatic rings. The van der Waals surface area contributed by atoms with Crippen molar-refractivity contribution in [2.75, 3.05) is 0 Å². The van der Waals surface area contributed by atoms with Gasteiger partial charge >= 0.3 is 11.9 Å². The number of carboxylic acid groups (broad SMARTS) is 2. The summed E-state index contributed by atoms with van der Waals surface area (Å²) in [5.74, 6) is -3.55. The molecule has 5 atom stereocenters. The average Bonchev–Trinajstić information content (AvgIpc) is 2.69. The monoisotopic (exact) mass is 254 g/mol. The lowest BCUT2D eigenvalue weighted by Gasteiger charge is -2.29. The lowest BCUT2D eigenvalue weighted by Crippen LogP contribution is -2.32. The van der Waals surface area contributed by atoms with Gasteiger partial charge in [-0.1, -0.05) is 31.8 Å². The summed E-state index contributed by atoms with van der Waals surface area (Å²) in [6.07, 6.45) is 3.87. The molecule has 2 bridgehead atoms. The molecule has 5 heteroatoms. The third-order valence-electron chi connectivity index (χ3n) is 4.17. The van der Waals surface area contributed by atoms with Crippen molar-refractivity contribution < 1.29 is 19.8 Å². The maximum atomic E-state index is 11.3. The highest BCUT2D eigenvalue weighted by Gasteiger charge is 2.60. The normalized spacial score (nSPS) is 39.6. The fraction of sp³-hybridized carbons (Fsp3) is 0.667. The van der Waals surface area contributed by atoms with E-state index in [9.17, 15) is 19.8 Å². The Morgan fingerprint density at radius 1 is 0.941 bits per heavy atom. The predicted octanol–water partition coefficient (Wildman–Crippen LogP) is 1.91. The Bertz CT molecular complexity index is 366. The van der Waals surface area contributed by atoms with Crippen molar-refractivity contribution in [1.29, 1.82) is 0 Å². The molecule has 0 radical (unpaired) electrons.